The van der Waals surface area contributed by atoms with E-state index in [1.807, 2.05) is 38.1 Å². The second kappa shape index (κ2) is 5.08. The number of halogens is 1. The minimum absolute atomic E-state index is 0.253. The van der Waals surface area contributed by atoms with E-state index in [-0.39, 0.29) is 5.82 Å². The van der Waals surface area contributed by atoms with Crippen LogP contribution in [0.2, 0.25) is 0 Å². The lowest BCUT2D eigenvalue weighted by Crippen LogP contribution is -2.00. The van der Waals surface area contributed by atoms with Crippen LogP contribution in [0.3, 0.4) is 0 Å². The van der Waals surface area contributed by atoms with Gasteiger partial charge in [0, 0.05) is 0 Å². The number of nitrogens with zero attached hydrogens (tertiary/aromatic N) is 2. The Morgan fingerprint density at radius 3 is 2.61 bits per heavy atom. The molecule has 0 aromatic heterocycles. The molecule has 0 amide bonds. The van der Waals surface area contributed by atoms with E-state index in [2.05, 4.69) is 9.98 Å². The summed E-state index contributed by atoms with van der Waals surface area (Å²) in [6.45, 7) is 5.55. The number of hydrogen-bond donors (Lipinski definition) is 0. The van der Waals surface area contributed by atoms with E-state index < -0.39 is 0 Å². The molecule has 0 radical (unpaired) electrons. The summed E-state index contributed by atoms with van der Waals surface area (Å²) in [6.07, 6.45) is 5.65. The summed E-state index contributed by atoms with van der Waals surface area (Å²) in [5, 5.41) is 0. The fourth-order valence-electron chi connectivity index (χ4n) is 1.80. The number of amidine groups is 1. The number of hydrogen-bond acceptors (Lipinski definition) is 2. The lowest BCUT2D eigenvalue weighted by molar-refractivity contribution is 0.616. The van der Waals surface area contributed by atoms with Gasteiger partial charge in [0.1, 0.15) is 5.82 Å². The molecule has 92 valence electrons. The summed E-state index contributed by atoms with van der Waals surface area (Å²) in [4.78, 5) is 8.74. The van der Waals surface area contributed by atoms with Crippen molar-refractivity contribution in [2.45, 2.75) is 20.8 Å². The molecule has 0 saturated carbocycles. The first-order chi connectivity index (χ1) is 8.67. The number of aryl methyl sites for hydroxylation is 1. The Bertz CT molecular complexity index is 593. The average molecular weight is 242 g/mol. The second-order valence-corrected chi connectivity index (χ2v) is 4.04. The Balaban J connectivity index is 2.50. The molecule has 0 fully saturated rings. The maximum atomic E-state index is 14.0. The number of allylic oxidation sites excluding steroid dienone is 3. The van der Waals surface area contributed by atoms with Crippen LogP contribution in [0.15, 0.2) is 52.1 Å². The van der Waals surface area contributed by atoms with Crippen LogP contribution in [0.4, 0.5) is 4.39 Å². The van der Waals surface area contributed by atoms with Crippen LogP contribution in [-0.2, 0) is 0 Å². The molecule has 1 aliphatic rings. The number of aliphatic imine (C=N–C) groups is 2. The molecule has 0 bridgehead atoms. The Morgan fingerprint density at radius 1 is 1.17 bits per heavy atom. The van der Waals surface area contributed by atoms with Crippen LogP contribution >= 0.6 is 0 Å². The summed E-state index contributed by atoms with van der Waals surface area (Å²) < 4.78 is 14.0. The van der Waals surface area contributed by atoms with Gasteiger partial charge in [-0.2, -0.15) is 0 Å². The predicted molar refractivity (Wildman–Crippen MR) is 73.7 cm³/mol. The van der Waals surface area contributed by atoms with Crippen LogP contribution in [-0.4, -0.2) is 11.5 Å². The van der Waals surface area contributed by atoms with Gasteiger partial charge in [-0.1, -0.05) is 24.3 Å². The van der Waals surface area contributed by atoms with Crippen LogP contribution in [0.25, 0.3) is 0 Å². The van der Waals surface area contributed by atoms with E-state index in [1.165, 1.54) is 0 Å². The van der Waals surface area contributed by atoms with E-state index >= 15 is 0 Å². The maximum Gasteiger partial charge on any atom is 0.163 e. The molecule has 1 aromatic rings. The van der Waals surface area contributed by atoms with Gasteiger partial charge in [0.15, 0.2) is 5.84 Å². The zero-order valence-electron chi connectivity index (χ0n) is 10.7. The van der Waals surface area contributed by atoms with E-state index in [4.69, 9.17) is 0 Å². The predicted octanol–water partition coefficient (Wildman–Crippen LogP) is 3.82. The summed E-state index contributed by atoms with van der Waals surface area (Å²) in [6, 6.07) is 5.26. The van der Waals surface area contributed by atoms with Crippen LogP contribution < -0.4 is 0 Å². The van der Waals surface area contributed by atoms with Gasteiger partial charge in [0.05, 0.1) is 17.0 Å². The third-order valence-electron chi connectivity index (χ3n) is 2.75. The largest absolute Gasteiger partial charge is 0.227 e. The van der Waals surface area contributed by atoms with Gasteiger partial charge in [-0.05, 0) is 38.5 Å². The zero-order valence-corrected chi connectivity index (χ0v) is 10.7. The van der Waals surface area contributed by atoms with Crippen molar-refractivity contribution in [3.05, 3.63) is 59.1 Å². The molecule has 1 aromatic carbocycles. The minimum atomic E-state index is -0.253. The maximum absolute atomic E-state index is 14.0. The lowest BCUT2D eigenvalue weighted by Gasteiger charge is -2.02. The van der Waals surface area contributed by atoms with E-state index in [1.54, 1.807) is 19.1 Å². The topological polar surface area (TPSA) is 24.7 Å². The van der Waals surface area contributed by atoms with Gasteiger partial charge in [-0.3, -0.25) is 0 Å². The Kier molecular flexibility index (Phi) is 3.51. The smallest absolute Gasteiger partial charge is 0.163 e. The van der Waals surface area contributed by atoms with Gasteiger partial charge in [0.25, 0.3) is 0 Å². The second-order valence-electron chi connectivity index (χ2n) is 4.04. The Hall–Kier alpha value is -2.03. The molecule has 0 aliphatic carbocycles. The third kappa shape index (κ3) is 2.16. The third-order valence-corrected chi connectivity index (χ3v) is 2.75. The van der Waals surface area contributed by atoms with Crippen LogP contribution in [0.5, 0.6) is 0 Å². The Morgan fingerprint density at radius 2 is 1.94 bits per heavy atom. The lowest BCUT2D eigenvalue weighted by atomic mass is 10.1. The molecule has 0 spiro atoms. The highest BCUT2D eigenvalue weighted by molar-refractivity contribution is 6.22. The van der Waals surface area contributed by atoms with Crippen molar-refractivity contribution in [2.24, 2.45) is 9.98 Å². The standard InChI is InChI=1S/C15H15FN2/c1-4-7-13-12(5-2)17-15(18-13)11-9-6-8-10(3)14(11)16/h4-9H,1-3H3/b7-4-,12-5+. The summed E-state index contributed by atoms with van der Waals surface area (Å²) >= 11 is 0. The van der Waals surface area contributed by atoms with Gasteiger partial charge in [-0.25, -0.2) is 14.4 Å². The summed E-state index contributed by atoms with van der Waals surface area (Å²) in [7, 11) is 0. The first-order valence-electron chi connectivity index (χ1n) is 5.89. The fraction of sp³-hybridized carbons (Fsp3) is 0.200. The normalized spacial score (nSPS) is 17.4. The monoisotopic (exact) mass is 242 g/mol. The zero-order chi connectivity index (χ0) is 13.1. The van der Waals surface area contributed by atoms with Crippen molar-refractivity contribution >= 4 is 11.5 Å². The molecule has 18 heavy (non-hydrogen) atoms. The number of rotatable bonds is 2. The Labute approximate surface area is 106 Å². The first-order valence-corrected chi connectivity index (χ1v) is 5.89. The van der Waals surface area contributed by atoms with E-state index in [0.717, 1.165) is 11.4 Å². The molecule has 0 saturated heterocycles. The van der Waals surface area contributed by atoms with Gasteiger partial charge in [-0.15, -0.1) is 0 Å². The molecule has 3 heteroatoms. The van der Waals surface area contributed by atoms with Crippen molar-refractivity contribution in [1.29, 1.82) is 0 Å². The van der Waals surface area contributed by atoms with Crippen LogP contribution in [0, 0.1) is 12.7 Å². The van der Waals surface area contributed by atoms with Gasteiger partial charge >= 0.3 is 0 Å². The molecule has 0 atom stereocenters. The molecular formula is C15H15FN2. The highest BCUT2D eigenvalue weighted by Gasteiger charge is 2.18. The number of benzene rings is 1. The quantitative estimate of drug-likeness (QED) is 0.753. The van der Waals surface area contributed by atoms with E-state index in [0.29, 0.717) is 17.0 Å². The minimum Gasteiger partial charge on any atom is -0.227 e. The van der Waals surface area contributed by atoms with Crippen molar-refractivity contribution in [1.82, 2.24) is 0 Å². The fourth-order valence-corrected chi connectivity index (χ4v) is 1.80. The summed E-state index contributed by atoms with van der Waals surface area (Å²) in [5.74, 6) is 0.189. The summed E-state index contributed by atoms with van der Waals surface area (Å²) in [5.41, 5.74) is 2.61. The highest BCUT2D eigenvalue weighted by atomic mass is 19.1. The van der Waals surface area contributed by atoms with E-state index in [9.17, 15) is 4.39 Å². The molecule has 1 aliphatic heterocycles. The average Bonchev–Trinajstić information content (AvgIpc) is 2.76. The molecular weight excluding hydrogens is 227 g/mol. The molecule has 2 nitrogen and oxygen atoms in total. The van der Waals surface area contributed by atoms with Crippen LogP contribution in [0.1, 0.15) is 25.0 Å². The van der Waals surface area contributed by atoms with Gasteiger partial charge in [0.2, 0.25) is 0 Å². The highest BCUT2D eigenvalue weighted by Crippen LogP contribution is 2.20. The molecule has 0 unspecified atom stereocenters. The SMILES string of the molecule is C/C=C\C1=NC(c2cccc(C)c2F)=N/C1=C/C. The molecule has 2 rings (SSSR count). The van der Waals surface area contributed by atoms with Crippen molar-refractivity contribution in [2.75, 3.05) is 0 Å². The van der Waals surface area contributed by atoms with Crippen molar-refractivity contribution in [3.63, 3.8) is 0 Å². The van der Waals surface area contributed by atoms with Crippen molar-refractivity contribution in [3.8, 4) is 0 Å². The molecule has 1 heterocycles. The first kappa shape index (κ1) is 12.4. The van der Waals surface area contributed by atoms with Gasteiger partial charge < -0.3 is 0 Å². The van der Waals surface area contributed by atoms with Crippen molar-refractivity contribution < 1.29 is 4.39 Å². The molecule has 0 N–H and O–H groups in total.